The first-order valence-electron chi connectivity index (χ1n) is 15.2. The molecule has 2 saturated heterocycles. The van der Waals surface area contributed by atoms with Crippen LogP contribution >= 0.6 is 0 Å². The average Bonchev–Trinajstić information content (AvgIpc) is 2.96. The number of hydrogen-bond donors (Lipinski definition) is 3. The number of anilines is 1. The lowest BCUT2D eigenvalue weighted by Crippen LogP contribution is -2.72. The number of benzene rings is 2. The first-order valence-corrected chi connectivity index (χ1v) is 15.2. The van der Waals surface area contributed by atoms with Crippen molar-refractivity contribution in [2.75, 3.05) is 38.0 Å². The molecule has 2 aromatic rings. The van der Waals surface area contributed by atoms with Crippen LogP contribution in [0.2, 0.25) is 0 Å². The molecule has 4 rings (SSSR count). The fraction of sp³-hybridized carbons (Fsp3) is 0.545. The minimum Gasteiger partial charge on any atom is -0.342 e. The van der Waals surface area contributed by atoms with Crippen molar-refractivity contribution < 1.29 is 14.4 Å². The van der Waals surface area contributed by atoms with Gasteiger partial charge in [0.05, 0.1) is 0 Å². The molecule has 0 bridgehead atoms. The zero-order valence-electron chi connectivity index (χ0n) is 25.2. The van der Waals surface area contributed by atoms with E-state index in [1.54, 1.807) is 0 Å². The van der Waals surface area contributed by atoms with E-state index in [9.17, 15) is 14.4 Å². The number of likely N-dealkylation sites (tertiary alicyclic amines) is 1. The number of nitrogens with one attached hydrogen (secondary N) is 3. The molecular weight excluding hydrogens is 514 g/mol. The van der Waals surface area contributed by atoms with Crippen molar-refractivity contribution in [1.29, 1.82) is 0 Å². The number of nitrogens with zero attached hydrogens (tertiary/aromatic N) is 2. The summed E-state index contributed by atoms with van der Waals surface area (Å²) in [5.41, 5.74) is 4.76. The molecule has 2 aromatic carbocycles. The van der Waals surface area contributed by atoms with Gasteiger partial charge in [-0.1, -0.05) is 43.3 Å². The number of rotatable bonds is 11. The molecule has 8 heteroatoms. The number of urea groups is 1. The summed E-state index contributed by atoms with van der Waals surface area (Å²) in [6, 6.07) is 13.8. The number of amides is 4. The highest BCUT2D eigenvalue weighted by molar-refractivity contribution is 6.00. The molecule has 0 saturated carbocycles. The van der Waals surface area contributed by atoms with Gasteiger partial charge in [-0.3, -0.25) is 9.59 Å². The summed E-state index contributed by atoms with van der Waals surface area (Å²) in [5, 5.41) is 8.93. The van der Waals surface area contributed by atoms with Gasteiger partial charge in [-0.05, 0) is 94.0 Å². The fourth-order valence-corrected chi connectivity index (χ4v) is 6.13. The lowest BCUT2D eigenvalue weighted by atomic mass is 9.81. The van der Waals surface area contributed by atoms with Gasteiger partial charge in [-0.2, -0.15) is 0 Å². The minimum absolute atomic E-state index is 0.000441. The van der Waals surface area contributed by atoms with E-state index in [1.165, 1.54) is 11.1 Å². The van der Waals surface area contributed by atoms with E-state index in [0.717, 1.165) is 62.1 Å². The molecule has 41 heavy (non-hydrogen) atoms. The molecule has 3 N–H and O–H groups in total. The molecule has 1 atom stereocenters. The molecule has 2 aliphatic rings. The molecule has 1 spiro atoms. The second kappa shape index (κ2) is 14.0. The van der Waals surface area contributed by atoms with Crippen LogP contribution in [0.1, 0.15) is 67.7 Å². The van der Waals surface area contributed by atoms with Crippen LogP contribution in [-0.4, -0.2) is 71.9 Å². The molecule has 0 radical (unpaired) electrons. The van der Waals surface area contributed by atoms with Gasteiger partial charge in [0, 0.05) is 38.4 Å². The Labute approximate surface area is 245 Å². The maximum Gasteiger partial charge on any atom is 0.319 e. The largest absolute Gasteiger partial charge is 0.342 e. The van der Waals surface area contributed by atoms with Gasteiger partial charge in [-0.15, -0.1) is 0 Å². The van der Waals surface area contributed by atoms with Gasteiger partial charge in [0.15, 0.2) is 0 Å². The highest BCUT2D eigenvalue weighted by atomic mass is 16.2. The van der Waals surface area contributed by atoms with Crippen molar-refractivity contribution >= 4 is 23.5 Å². The number of unbranched alkanes of at least 4 members (excludes halogenated alkanes) is 1. The predicted molar refractivity (Wildman–Crippen MR) is 164 cm³/mol. The average molecular weight is 562 g/mol. The standard InChI is InChI=1S/C33H47N5O3/c1-5-18-38-30(39)28(13-9-10-17-34-32(41)36-29-23-25(3)24(2)22-26(29)4)35-31(40)33(38)15-20-37(21-16-33)19-14-27-11-7-6-8-12-27/h6-8,11-12,22-23,28H,5,9-10,13-21H2,1-4H3,(H,35,40)(H2,34,36,41)/t28-/m0/s1. The van der Waals surface area contributed by atoms with E-state index >= 15 is 0 Å². The summed E-state index contributed by atoms with van der Waals surface area (Å²) >= 11 is 0. The second-order valence-corrected chi connectivity index (χ2v) is 11.8. The van der Waals surface area contributed by atoms with Crippen LogP contribution in [0.25, 0.3) is 0 Å². The molecule has 4 amide bonds. The Kier molecular flexibility index (Phi) is 10.4. The summed E-state index contributed by atoms with van der Waals surface area (Å²) in [6.07, 6.45) is 5.19. The first kappa shape index (κ1) is 30.6. The van der Waals surface area contributed by atoms with E-state index in [0.29, 0.717) is 32.4 Å². The predicted octanol–water partition coefficient (Wildman–Crippen LogP) is 4.72. The number of hydrogen-bond acceptors (Lipinski definition) is 4. The summed E-state index contributed by atoms with van der Waals surface area (Å²) in [6.45, 7) is 11.8. The van der Waals surface area contributed by atoms with Gasteiger partial charge in [0.1, 0.15) is 11.6 Å². The summed E-state index contributed by atoms with van der Waals surface area (Å²) < 4.78 is 0. The van der Waals surface area contributed by atoms with Gasteiger partial charge in [-0.25, -0.2) is 4.79 Å². The minimum atomic E-state index is -0.737. The Bertz CT molecular complexity index is 1210. The summed E-state index contributed by atoms with van der Waals surface area (Å²) in [5.74, 6) is 0.0413. The Hall–Kier alpha value is -3.39. The van der Waals surface area contributed by atoms with Crippen LogP contribution in [0.3, 0.4) is 0 Å². The molecule has 0 unspecified atom stereocenters. The molecule has 222 valence electrons. The van der Waals surface area contributed by atoms with Crippen molar-refractivity contribution in [3.8, 4) is 0 Å². The lowest BCUT2D eigenvalue weighted by Gasteiger charge is -2.51. The van der Waals surface area contributed by atoms with Crippen molar-refractivity contribution in [2.45, 2.75) is 84.2 Å². The van der Waals surface area contributed by atoms with E-state index in [1.807, 2.05) is 30.9 Å². The Morgan fingerprint density at radius 3 is 2.39 bits per heavy atom. The Morgan fingerprint density at radius 1 is 0.976 bits per heavy atom. The zero-order valence-corrected chi connectivity index (χ0v) is 25.2. The third kappa shape index (κ3) is 7.47. The van der Waals surface area contributed by atoms with Crippen molar-refractivity contribution in [3.63, 3.8) is 0 Å². The van der Waals surface area contributed by atoms with Crippen molar-refractivity contribution in [3.05, 3.63) is 64.7 Å². The maximum atomic E-state index is 13.6. The van der Waals surface area contributed by atoms with Crippen LogP contribution in [0.4, 0.5) is 10.5 Å². The highest BCUT2D eigenvalue weighted by Gasteiger charge is 2.52. The van der Waals surface area contributed by atoms with Crippen LogP contribution in [0, 0.1) is 20.8 Å². The first-order chi connectivity index (χ1) is 19.7. The Morgan fingerprint density at radius 2 is 1.68 bits per heavy atom. The SMILES string of the molecule is CCCN1C(=O)[C@H](CCCCNC(=O)Nc2cc(C)c(C)cc2C)NC(=O)C12CCN(CCc1ccccc1)CC2. The number of piperidine rings is 1. The smallest absolute Gasteiger partial charge is 0.319 e. The van der Waals surface area contributed by atoms with E-state index in [2.05, 4.69) is 65.0 Å². The van der Waals surface area contributed by atoms with Gasteiger partial charge >= 0.3 is 6.03 Å². The van der Waals surface area contributed by atoms with Gasteiger partial charge in [0.25, 0.3) is 0 Å². The molecule has 2 aliphatic heterocycles. The van der Waals surface area contributed by atoms with E-state index < -0.39 is 11.6 Å². The Balaban J connectivity index is 1.23. The number of piperazine rings is 1. The maximum absolute atomic E-state index is 13.6. The zero-order chi connectivity index (χ0) is 29.4. The fourth-order valence-electron chi connectivity index (χ4n) is 6.13. The summed E-state index contributed by atoms with van der Waals surface area (Å²) in [4.78, 5) is 43.8. The second-order valence-electron chi connectivity index (χ2n) is 11.8. The quantitative estimate of drug-likeness (QED) is 0.346. The molecular formula is C33H47N5O3. The third-order valence-corrected chi connectivity index (χ3v) is 8.79. The van der Waals surface area contributed by atoms with Crippen LogP contribution in [0.5, 0.6) is 0 Å². The molecule has 0 aliphatic carbocycles. The van der Waals surface area contributed by atoms with Gasteiger partial charge < -0.3 is 25.8 Å². The molecule has 8 nitrogen and oxygen atoms in total. The number of aryl methyl sites for hydroxylation is 3. The lowest BCUT2D eigenvalue weighted by molar-refractivity contribution is -0.161. The number of carbonyl (C=O) groups excluding carboxylic acids is 3. The van der Waals surface area contributed by atoms with Gasteiger partial charge in [0.2, 0.25) is 11.8 Å². The molecule has 0 aromatic heterocycles. The topological polar surface area (TPSA) is 93.8 Å². The number of carbonyl (C=O) groups is 3. The summed E-state index contributed by atoms with van der Waals surface area (Å²) in [7, 11) is 0. The van der Waals surface area contributed by atoms with Crippen LogP contribution in [0.15, 0.2) is 42.5 Å². The van der Waals surface area contributed by atoms with Crippen molar-refractivity contribution in [2.24, 2.45) is 0 Å². The molecule has 2 fully saturated rings. The van der Waals surface area contributed by atoms with Crippen LogP contribution < -0.4 is 16.0 Å². The highest BCUT2D eigenvalue weighted by Crippen LogP contribution is 2.34. The van der Waals surface area contributed by atoms with E-state index in [-0.39, 0.29) is 17.8 Å². The normalized spacial score (nSPS) is 18.8. The van der Waals surface area contributed by atoms with Crippen LogP contribution in [-0.2, 0) is 16.0 Å². The van der Waals surface area contributed by atoms with E-state index in [4.69, 9.17) is 0 Å². The monoisotopic (exact) mass is 561 g/mol. The van der Waals surface area contributed by atoms with Crippen molar-refractivity contribution in [1.82, 2.24) is 20.4 Å². The third-order valence-electron chi connectivity index (χ3n) is 8.79. The molecule has 2 heterocycles.